The van der Waals surface area contributed by atoms with E-state index in [4.69, 9.17) is 16.3 Å². The van der Waals surface area contributed by atoms with Gasteiger partial charge in [0.1, 0.15) is 6.54 Å². The van der Waals surface area contributed by atoms with E-state index in [-0.39, 0.29) is 6.54 Å². The Morgan fingerprint density at radius 2 is 2.04 bits per heavy atom. The van der Waals surface area contributed by atoms with Crippen LogP contribution in [0.15, 0.2) is 46.1 Å². The van der Waals surface area contributed by atoms with E-state index in [1.54, 1.807) is 24.3 Å². The third kappa shape index (κ3) is 5.40. The van der Waals surface area contributed by atoms with Crippen LogP contribution in [0.4, 0.5) is 0 Å². The van der Waals surface area contributed by atoms with Crippen LogP contribution in [0.3, 0.4) is 0 Å². The third-order valence-electron chi connectivity index (χ3n) is 2.94. The molecule has 0 bridgehead atoms. The van der Waals surface area contributed by atoms with Crippen LogP contribution < -0.4 is 16.6 Å². The first-order valence-corrected chi connectivity index (χ1v) is 7.28. The molecule has 126 valence electrons. The average Bonchev–Trinajstić information content (AvgIpc) is 2.54. The standard InChI is InChI=1S/C15H14ClN3O5/c16-11-3-1-2-10(6-11)7-17-13(21)9-24-14(22)8-19-5-4-12(20)18-15(19)23/h1-6H,7-9H2,(H,17,21)(H,18,20,23). The fourth-order valence-electron chi connectivity index (χ4n) is 1.80. The summed E-state index contributed by atoms with van der Waals surface area (Å²) in [4.78, 5) is 47.6. The molecule has 0 fully saturated rings. The molecule has 0 saturated heterocycles. The summed E-state index contributed by atoms with van der Waals surface area (Å²) in [6.07, 6.45) is 1.17. The molecule has 0 saturated carbocycles. The minimum atomic E-state index is -0.776. The van der Waals surface area contributed by atoms with Gasteiger partial charge in [0.25, 0.3) is 11.5 Å². The van der Waals surface area contributed by atoms with Crippen molar-refractivity contribution in [1.29, 1.82) is 0 Å². The van der Waals surface area contributed by atoms with Gasteiger partial charge in [-0.05, 0) is 17.7 Å². The maximum Gasteiger partial charge on any atom is 0.328 e. The molecule has 0 aliphatic rings. The molecule has 9 heteroatoms. The molecular formula is C15H14ClN3O5. The lowest BCUT2D eigenvalue weighted by molar-refractivity contribution is -0.149. The number of H-pyrrole nitrogens is 1. The van der Waals surface area contributed by atoms with Gasteiger partial charge in [-0.3, -0.25) is 23.9 Å². The Kier molecular flexibility index (Phi) is 5.91. The number of halogens is 1. The predicted octanol–water partition coefficient (Wildman–Crippen LogP) is 0.0496. The number of benzene rings is 1. The van der Waals surface area contributed by atoms with Gasteiger partial charge < -0.3 is 10.1 Å². The summed E-state index contributed by atoms with van der Waals surface area (Å²) < 4.78 is 5.74. The number of carbonyl (C=O) groups excluding carboxylic acids is 2. The summed E-state index contributed by atoms with van der Waals surface area (Å²) in [5, 5.41) is 3.13. The number of hydrogen-bond donors (Lipinski definition) is 2. The topological polar surface area (TPSA) is 110 Å². The Balaban J connectivity index is 1.77. The van der Waals surface area contributed by atoms with Gasteiger partial charge in [0.05, 0.1) is 0 Å². The van der Waals surface area contributed by atoms with Crippen LogP contribution in [0.1, 0.15) is 5.56 Å². The number of amides is 1. The summed E-state index contributed by atoms with van der Waals surface area (Å²) in [5.74, 6) is -1.26. The monoisotopic (exact) mass is 351 g/mol. The molecule has 0 radical (unpaired) electrons. The molecule has 0 unspecified atom stereocenters. The van der Waals surface area contributed by atoms with Crippen molar-refractivity contribution in [2.24, 2.45) is 0 Å². The first-order valence-electron chi connectivity index (χ1n) is 6.90. The van der Waals surface area contributed by atoms with Gasteiger partial charge in [0.2, 0.25) is 0 Å². The lowest BCUT2D eigenvalue weighted by atomic mass is 10.2. The van der Waals surface area contributed by atoms with Gasteiger partial charge in [-0.25, -0.2) is 4.79 Å². The SMILES string of the molecule is O=C(COC(=O)Cn1ccc(=O)[nH]c1=O)NCc1cccc(Cl)c1. The molecule has 24 heavy (non-hydrogen) atoms. The molecule has 1 aromatic carbocycles. The molecule has 0 atom stereocenters. The van der Waals surface area contributed by atoms with Crippen molar-refractivity contribution < 1.29 is 14.3 Å². The van der Waals surface area contributed by atoms with E-state index in [9.17, 15) is 19.2 Å². The molecule has 2 aromatic rings. The quantitative estimate of drug-likeness (QED) is 0.714. The van der Waals surface area contributed by atoms with Crippen LogP contribution in [0.5, 0.6) is 0 Å². The van der Waals surface area contributed by atoms with Crippen molar-refractivity contribution in [2.45, 2.75) is 13.1 Å². The van der Waals surface area contributed by atoms with Crippen molar-refractivity contribution in [1.82, 2.24) is 14.9 Å². The zero-order valence-corrected chi connectivity index (χ0v) is 13.2. The number of carbonyl (C=O) groups is 2. The number of esters is 1. The lowest BCUT2D eigenvalue weighted by Crippen LogP contribution is -2.33. The van der Waals surface area contributed by atoms with Crippen molar-refractivity contribution >= 4 is 23.5 Å². The Morgan fingerprint density at radius 3 is 2.75 bits per heavy atom. The van der Waals surface area contributed by atoms with Gasteiger partial charge in [-0.15, -0.1) is 0 Å². The highest BCUT2D eigenvalue weighted by molar-refractivity contribution is 6.30. The fourth-order valence-corrected chi connectivity index (χ4v) is 2.01. The third-order valence-corrected chi connectivity index (χ3v) is 3.17. The van der Waals surface area contributed by atoms with Crippen molar-refractivity contribution in [3.05, 3.63) is 68.0 Å². The van der Waals surface area contributed by atoms with Gasteiger partial charge in [0.15, 0.2) is 6.61 Å². The zero-order valence-electron chi connectivity index (χ0n) is 12.5. The van der Waals surface area contributed by atoms with Crippen LogP contribution >= 0.6 is 11.6 Å². The Morgan fingerprint density at radius 1 is 1.25 bits per heavy atom. The summed E-state index contributed by atoms with van der Waals surface area (Å²) >= 11 is 5.83. The van der Waals surface area contributed by atoms with Crippen molar-refractivity contribution in [2.75, 3.05) is 6.61 Å². The van der Waals surface area contributed by atoms with E-state index in [2.05, 4.69) is 5.32 Å². The summed E-state index contributed by atoms with van der Waals surface area (Å²) in [5.41, 5.74) is -0.489. The minimum absolute atomic E-state index is 0.246. The number of ether oxygens (including phenoxy) is 1. The van der Waals surface area contributed by atoms with Gasteiger partial charge >= 0.3 is 11.7 Å². The molecule has 0 aliphatic carbocycles. The van der Waals surface area contributed by atoms with Crippen LogP contribution in [0.2, 0.25) is 5.02 Å². The number of rotatable bonds is 6. The Labute approximate surface area is 141 Å². The minimum Gasteiger partial charge on any atom is -0.454 e. The first-order chi connectivity index (χ1) is 11.4. The number of nitrogens with zero attached hydrogens (tertiary/aromatic N) is 1. The highest BCUT2D eigenvalue weighted by Crippen LogP contribution is 2.10. The van der Waals surface area contributed by atoms with Crippen LogP contribution in [-0.2, 0) is 27.4 Å². The van der Waals surface area contributed by atoms with E-state index in [1.807, 2.05) is 4.98 Å². The fraction of sp³-hybridized carbons (Fsp3) is 0.200. The molecule has 2 N–H and O–H groups in total. The van der Waals surface area contributed by atoms with Gasteiger partial charge in [0, 0.05) is 23.8 Å². The second-order valence-corrected chi connectivity index (χ2v) is 5.24. The molecule has 2 rings (SSSR count). The largest absolute Gasteiger partial charge is 0.454 e. The van der Waals surface area contributed by atoms with Gasteiger partial charge in [-0.2, -0.15) is 0 Å². The molecule has 1 heterocycles. The smallest absolute Gasteiger partial charge is 0.328 e. The molecule has 0 spiro atoms. The number of aromatic nitrogens is 2. The molecule has 0 aliphatic heterocycles. The number of hydrogen-bond acceptors (Lipinski definition) is 5. The molecular weight excluding hydrogens is 338 g/mol. The summed E-state index contributed by atoms with van der Waals surface area (Å²) in [6.45, 7) is -0.634. The second-order valence-electron chi connectivity index (χ2n) is 4.81. The van der Waals surface area contributed by atoms with E-state index in [0.717, 1.165) is 16.2 Å². The van der Waals surface area contributed by atoms with Gasteiger partial charge in [-0.1, -0.05) is 23.7 Å². The van der Waals surface area contributed by atoms with Crippen LogP contribution in [-0.4, -0.2) is 28.0 Å². The molecule has 1 amide bonds. The molecule has 8 nitrogen and oxygen atoms in total. The highest BCUT2D eigenvalue weighted by atomic mass is 35.5. The second kappa shape index (κ2) is 8.11. The number of aromatic amines is 1. The van der Waals surface area contributed by atoms with Crippen LogP contribution in [0, 0.1) is 0 Å². The maximum absolute atomic E-state index is 11.6. The van der Waals surface area contributed by atoms with Crippen molar-refractivity contribution in [3.63, 3.8) is 0 Å². The normalized spacial score (nSPS) is 10.2. The van der Waals surface area contributed by atoms with E-state index < -0.39 is 36.3 Å². The zero-order chi connectivity index (χ0) is 17.5. The van der Waals surface area contributed by atoms with Crippen molar-refractivity contribution in [3.8, 4) is 0 Å². The highest BCUT2D eigenvalue weighted by Gasteiger charge is 2.09. The average molecular weight is 352 g/mol. The molecule has 1 aromatic heterocycles. The summed E-state index contributed by atoms with van der Waals surface area (Å²) in [7, 11) is 0. The van der Waals surface area contributed by atoms with E-state index in [0.29, 0.717) is 5.02 Å². The Bertz CT molecular complexity index is 858. The predicted molar refractivity (Wildman–Crippen MR) is 85.6 cm³/mol. The first kappa shape index (κ1) is 17.5. The Hall–Kier alpha value is -2.87. The van der Waals surface area contributed by atoms with E-state index >= 15 is 0 Å². The van der Waals surface area contributed by atoms with E-state index in [1.165, 1.54) is 6.20 Å². The maximum atomic E-state index is 11.6. The number of nitrogens with one attached hydrogen (secondary N) is 2. The summed E-state index contributed by atoms with van der Waals surface area (Å²) in [6, 6.07) is 8.07. The van der Waals surface area contributed by atoms with Crippen LogP contribution in [0.25, 0.3) is 0 Å². The lowest BCUT2D eigenvalue weighted by Gasteiger charge is -2.08.